The van der Waals surface area contributed by atoms with E-state index in [0.717, 1.165) is 5.56 Å². The molecule has 0 radical (unpaired) electrons. The van der Waals surface area contributed by atoms with Crippen molar-refractivity contribution in [3.63, 3.8) is 0 Å². The van der Waals surface area contributed by atoms with Crippen molar-refractivity contribution in [3.8, 4) is 5.75 Å². The van der Waals surface area contributed by atoms with Gasteiger partial charge in [0.1, 0.15) is 12.4 Å². The van der Waals surface area contributed by atoms with Crippen molar-refractivity contribution in [3.05, 3.63) is 117 Å². The summed E-state index contributed by atoms with van der Waals surface area (Å²) in [6.07, 6.45) is 3.08. The molecule has 0 aliphatic carbocycles. The molecule has 6 nitrogen and oxygen atoms in total. The summed E-state index contributed by atoms with van der Waals surface area (Å²) < 4.78 is 27.0. The second-order valence-electron chi connectivity index (χ2n) is 8.28. The summed E-state index contributed by atoms with van der Waals surface area (Å²) in [5.74, 6) is -0.935. The van der Waals surface area contributed by atoms with Gasteiger partial charge in [-0.1, -0.05) is 66.7 Å². The van der Waals surface area contributed by atoms with E-state index in [9.17, 15) is 14.0 Å². The van der Waals surface area contributed by atoms with Crippen molar-refractivity contribution in [2.75, 3.05) is 13.2 Å². The standard InChI is InChI=1S/C28H26ClFN2O4/c1-3-14-35-18-24-21(4-2)26(33)27(36-17-19-8-6-5-7-9-19)25-28(34)31(12-13-32(24)25)16-20-10-11-23(30)22(29)15-20/h3-11,15H,1-2,12-14,16-18H2. The minimum absolute atomic E-state index is 0.0160. The van der Waals surface area contributed by atoms with E-state index in [2.05, 4.69) is 13.2 Å². The summed E-state index contributed by atoms with van der Waals surface area (Å²) in [6, 6.07) is 13.7. The number of pyridine rings is 1. The molecule has 1 aromatic heterocycles. The number of nitrogens with zero attached hydrogens (tertiary/aromatic N) is 2. The maximum atomic E-state index is 13.7. The monoisotopic (exact) mass is 508 g/mol. The molecule has 1 aliphatic rings. The molecule has 36 heavy (non-hydrogen) atoms. The Kier molecular flexibility index (Phi) is 8.03. The van der Waals surface area contributed by atoms with Crippen molar-refractivity contribution < 1.29 is 18.7 Å². The van der Waals surface area contributed by atoms with Crippen LogP contribution in [-0.2, 0) is 31.0 Å². The van der Waals surface area contributed by atoms with Crippen molar-refractivity contribution in [2.24, 2.45) is 0 Å². The minimum atomic E-state index is -0.528. The van der Waals surface area contributed by atoms with Gasteiger partial charge in [0.25, 0.3) is 5.91 Å². The van der Waals surface area contributed by atoms with E-state index < -0.39 is 11.2 Å². The Morgan fingerprint density at radius 1 is 1.03 bits per heavy atom. The van der Waals surface area contributed by atoms with Gasteiger partial charge in [-0.15, -0.1) is 6.58 Å². The first-order valence-electron chi connectivity index (χ1n) is 11.4. The van der Waals surface area contributed by atoms with E-state index in [4.69, 9.17) is 21.1 Å². The van der Waals surface area contributed by atoms with Gasteiger partial charge in [-0.2, -0.15) is 0 Å². The molecule has 4 rings (SSSR count). The fourth-order valence-electron chi connectivity index (χ4n) is 4.17. The van der Waals surface area contributed by atoms with E-state index >= 15 is 0 Å². The van der Waals surface area contributed by atoms with E-state index in [1.807, 2.05) is 30.3 Å². The second-order valence-corrected chi connectivity index (χ2v) is 8.68. The molecule has 3 aromatic rings. The molecule has 0 atom stereocenters. The predicted molar refractivity (Wildman–Crippen MR) is 138 cm³/mol. The minimum Gasteiger partial charge on any atom is -0.483 e. The Morgan fingerprint density at radius 3 is 2.50 bits per heavy atom. The average molecular weight is 509 g/mol. The molecular weight excluding hydrogens is 483 g/mol. The molecule has 2 aromatic carbocycles. The van der Waals surface area contributed by atoms with Gasteiger partial charge in [-0.05, 0) is 23.3 Å². The van der Waals surface area contributed by atoms with Crippen molar-refractivity contribution in [1.82, 2.24) is 9.47 Å². The Bertz CT molecular complexity index is 1350. The zero-order chi connectivity index (χ0) is 25.7. The molecule has 0 bridgehead atoms. The molecule has 0 spiro atoms. The van der Waals surface area contributed by atoms with Crippen LogP contribution < -0.4 is 10.2 Å². The number of aromatic nitrogens is 1. The van der Waals surface area contributed by atoms with Crippen LogP contribution in [0, 0.1) is 5.82 Å². The van der Waals surface area contributed by atoms with Crippen LogP contribution in [0.3, 0.4) is 0 Å². The molecule has 0 saturated carbocycles. The fourth-order valence-corrected chi connectivity index (χ4v) is 4.38. The number of ether oxygens (including phenoxy) is 2. The third-order valence-corrected chi connectivity index (χ3v) is 6.21. The number of amides is 1. The molecule has 1 amide bonds. The van der Waals surface area contributed by atoms with Crippen LogP contribution in [0.2, 0.25) is 5.02 Å². The molecular formula is C28H26ClFN2O4. The highest BCUT2D eigenvalue weighted by atomic mass is 35.5. The van der Waals surface area contributed by atoms with Crippen molar-refractivity contribution >= 4 is 23.6 Å². The Labute approximate surface area is 213 Å². The van der Waals surface area contributed by atoms with Crippen LogP contribution in [0.25, 0.3) is 6.08 Å². The third-order valence-electron chi connectivity index (χ3n) is 5.92. The smallest absolute Gasteiger partial charge is 0.274 e. The summed E-state index contributed by atoms with van der Waals surface area (Å²) in [6.45, 7) is 8.96. The summed E-state index contributed by atoms with van der Waals surface area (Å²) in [7, 11) is 0. The van der Waals surface area contributed by atoms with Gasteiger partial charge in [-0.3, -0.25) is 9.59 Å². The number of rotatable bonds is 10. The van der Waals surface area contributed by atoms with E-state index in [0.29, 0.717) is 29.9 Å². The molecule has 0 saturated heterocycles. The van der Waals surface area contributed by atoms with Gasteiger partial charge in [0.05, 0.1) is 23.9 Å². The maximum absolute atomic E-state index is 13.7. The zero-order valence-electron chi connectivity index (χ0n) is 19.7. The summed E-state index contributed by atoms with van der Waals surface area (Å²) in [5.41, 5.74) is 2.14. The highest BCUT2D eigenvalue weighted by Crippen LogP contribution is 2.28. The normalized spacial score (nSPS) is 12.8. The summed E-state index contributed by atoms with van der Waals surface area (Å²) in [5, 5.41) is -0.0160. The van der Waals surface area contributed by atoms with Gasteiger partial charge < -0.3 is 18.9 Å². The number of fused-ring (bicyclic) bond motifs is 1. The Balaban J connectivity index is 1.76. The Morgan fingerprint density at radius 2 is 1.81 bits per heavy atom. The van der Waals surface area contributed by atoms with Gasteiger partial charge in [0.15, 0.2) is 11.4 Å². The first-order chi connectivity index (χ1) is 17.4. The number of benzene rings is 2. The van der Waals surface area contributed by atoms with Gasteiger partial charge in [0, 0.05) is 25.2 Å². The third kappa shape index (κ3) is 5.27. The van der Waals surface area contributed by atoms with Crippen molar-refractivity contribution in [1.29, 1.82) is 0 Å². The topological polar surface area (TPSA) is 60.8 Å². The van der Waals surface area contributed by atoms with Crippen LogP contribution in [0.15, 0.2) is 72.6 Å². The van der Waals surface area contributed by atoms with Crippen LogP contribution in [0.5, 0.6) is 5.75 Å². The van der Waals surface area contributed by atoms with Gasteiger partial charge in [-0.25, -0.2) is 4.39 Å². The number of carbonyl (C=O) groups is 1. The van der Waals surface area contributed by atoms with Gasteiger partial charge in [0.2, 0.25) is 5.43 Å². The highest BCUT2D eigenvalue weighted by molar-refractivity contribution is 6.30. The molecule has 0 unspecified atom stereocenters. The molecule has 186 valence electrons. The lowest BCUT2D eigenvalue weighted by Crippen LogP contribution is -2.43. The predicted octanol–water partition coefficient (Wildman–Crippen LogP) is 5.22. The number of hydrogen-bond acceptors (Lipinski definition) is 4. The first kappa shape index (κ1) is 25.4. The van der Waals surface area contributed by atoms with Crippen molar-refractivity contribution in [2.45, 2.75) is 26.3 Å². The highest BCUT2D eigenvalue weighted by Gasteiger charge is 2.33. The molecule has 0 N–H and O–H groups in total. The number of hydrogen-bond donors (Lipinski definition) is 0. The zero-order valence-corrected chi connectivity index (χ0v) is 20.5. The lowest BCUT2D eigenvalue weighted by atomic mass is 10.1. The van der Waals surface area contributed by atoms with Crippen LogP contribution in [-0.4, -0.2) is 28.5 Å². The van der Waals surface area contributed by atoms with E-state index in [1.54, 1.807) is 21.6 Å². The first-order valence-corrected chi connectivity index (χ1v) is 11.8. The molecule has 0 fully saturated rings. The van der Waals surface area contributed by atoms with E-state index in [1.165, 1.54) is 18.2 Å². The summed E-state index contributed by atoms with van der Waals surface area (Å²) in [4.78, 5) is 28.9. The second kappa shape index (κ2) is 11.4. The Hall–Kier alpha value is -3.68. The van der Waals surface area contributed by atoms with Crippen LogP contribution in [0.1, 0.15) is 32.9 Å². The molecule has 2 heterocycles. The average Bonchev–Trinajstić information content (AvgIpc) is 2.88. The molecule has 1 aliphatic heterocycles. The van der Waals surface area contributed by atoms with Gasteiger partial charge >= 0.3 is 0 Å². The maximum Gasteiger partial charge on any atom is 0.274 e. The number of carbonyl (C=O) groups excluding carboxylic acids is 1. The van der Waals surface area contributed by atoms with E-state index in [-0.39, 0.29) is 48.7 Å². The quantitative estimate of drug-likeness (QED) is 0.278. The largest absolute Gasteiger partial charge is 0.483 e. The molecule has 8 heteroatoms. The lowest BCUT2D eigenvalue weighted by molar-refractivity contribution is 0.0669. The fraction of sp³-hybridized carbons (Fsp3) is 0.214. The van der Waals surface area contributed by atoms with Crippen LogP contribution in [0.4, 0.5) is 4.39 Å². The summed E-state index contributed by atoms with van der Waals surface area (Å²) >= 11 is 5.93. The lowest BCUT2D eigenvalue weighted by Gasteiger charge is -2.33. The van der Waals surface area contributed by atoms with Crippen LogP contribution >= 0.6 is 11.6 Å². The SMILES string of the molecule is C=CCOCc1c(C=C)c(=O)c(OCc2ccccc2)c2n1CCN(Cc1ccc(F)c(Cl)c1)C2=O. The number of halogens is 2.